The number of aromatic nitrogens is 4. The minimum atomic E-state index is -0.480. The lowest BCUT2D eigenvalue weighted by atomic mass is 10.0. The number of hydrogen-bond donors (Lipinski definition) is 1. The average Bonchev–Trinajstić information content (AvgIpc) is 3.33. The number of fused-ring (bicyclic) bond motifs is 3. The molecular formula is C21H15N5O4. The summed E-state index contributed by atoms with van der Waals surface area (Å²) in [7, 11) is 2.99. The van der Waals surface area contributed by atoms with Crippen molar-refractivity contribution in [2.75, 3.05) is 19.1 Å². The molecule has 0 saturated heterocycles. The number of benzene rings is 1. The van der Waals surface area contributed by atoms with Crippen molar-refractivity contribution in [3.8, 4) is 22.8 Å². The van der Waals surface area contributed by atoms with Crippen LogP contribution < -0.4 is 14.4 Å². The number of carbonyl (C=O) groups excluding carboxylic acids is 2. The highest BCUT2D eigenvalue weighted by atomic mass is 16.5. The van der Waals surface area contributed by atoms with Crippen LogP contribution in [0.4, 0.5) is 5.69 Å². The topological polar surface area (TPSA) is 110 Å². The first-order valence-corrected chi connectivity index (χ1v) is 9.02. The van der Waals surface area contributed by atoms with Gasteiger partial charge in [-0.05, 0) is 24.3 Å². The quantitative estimate of drug-likeness (QED) is 0.524. The maximum atomic E-state index is 13.5. The molecule has 1 N–H and O–H groups in total. The summed E-state index contributed by atoms with van der Waals surface area (Å²) in [6.07, 6.45) is 4.68. The lowest BCUT2D eigenvalue weighted by molar-refractivity contribution is 0.0925. The predicted octanol–water partition coefficient (Wildman–Crippen LogP) is 2.84. The van der Waals surface area contributed by atoms with Crippen molar-refractivity contribution in [2.24, 2.45) is 0 Å². The summed E-state index contributed by atoms with van der Waals surface area (Å²) in [5, 5.41) is 7.59. The van der Waals surface area contributed by atoms with Gasteiger partial charge in [0.25, 0.3) is 11.8 Å². The molecule has 9 nitrogen and oxygen atoms in total. The van der Waals surface area contributed by atoms with Gasteiger partial charge in [-0.3, -0.25) is 19.7 Å². The van der Waals surface area contributed by atoms with Crippen LogP contribution in [0.15, 0.2) is 48.9 Å². The van der Waals surface area contributed by atoms with E-state index in [-0.39, 0.29) is 11.1 Å². The summed E-state index contributed by atoms with van der Waals surface area (Å²) in [5.41, 5.74) is 2.43. The van der Waals surface area contributed by atoms with E-state index in [4.69, 9.17) is 9.47 Å². The minimum Gasteiger partial charge on any atom is -0.497 e. The molecule has 1 aromatic carbocycles. The first-order chi connectivity index (χ1) is 14.6. The minimum absolute atomic E-state index is 0.205. The molecule has 0 saturated carbocycles. The van der Waals surface area contributed by atoms with Gasteiger partial charge in [-0.2, -0.15) is 5.10 Å². The summed E-state index contributed by atoms with van der Waals surface area (Å²) in [5.74, 6) is -0.0682. The van der Waals surface area contributed by atoms with Crippen molar-refractivity contribution in [3.05, 3.63) is 60.0 Å². The van der Waals surface area contributed by atoms with Gasteiger partial charge >= 0.3 is 0 Å². The zero-order chi connectivity index (χ0) is 20.8. The van der Waals surface area contributed by atoms with Gasteiger partial charge in [0.15, 0.2) is 5.65 Å². The smallest absolute Gasteiger partial charge is 0.267 e. The molecule has 0 bridgehead atoms. The second kappa shape index (κ2) is 6.66. The molecule has 0 radical (unpaired) electrons. The van der Waals surface area contributed by atoms with E-state index in [1.165, 1.54) is 20.4 Å². The van der Waals surface area contributed by atoms with Crippen molar-refractivity contribution in [1.82, 2.24) is 20.2 Å². The molecule has 5 rings (SSSR count). The molecule has 30 heavy (non-hydrogen) atoms. The molecule has 1 aliphatic heterocycles. The van der Waals surface area contributed by atoms with Crippen molar-refractivity contribution in [1.29, 1.82) is 0 Å². The van der Waals surface area contributed by atoms with E-state index in [2.05, 4.69) is 20.2 Å². The fraction of sp³-hybridized carbons (Fsp3) is 0.0952. The van der Waals surface area contributed by atoms with E-state index < -0.39 is 11.8 Å². The average molecular weight is 401 g/mol. The molecule has 0 atom stereocenters. The van der Waals surface area contributed by atoms with Crippen LogP contribution in [0.2, 0.25) is 0 Å². The van der Waals surface area contributed by atoms with Crippen LogP contribution >= 0.6 is 0 Å². The molecule has 1 aliphatic rings. The van der Waals surface area contributed by atoms with Gasteiger partial charge in [0, 0.05) is 30.2 Å². The van der Waals surface area contributed by atoms with Crippen LogP contribution in [0, 0.1) is 0 Å². The number of rotatable bonds is 4. The second-order valence-electron chi connectivity index (χ2n) is 6.57. The third-order valence-corrected chi connectivity index (χ3v) is 5.01. The zero-order valence-corrected chi connectivity index (χ0v) is 16.0. The molecule has 4 heterocycles. The van der Waals surface area contributed by atoms with E-state index in [0.717, 1.165) is 10.5 Å². The zero-order valence-electron chi connectivity index (χ0n) is 16.0. The Morgan fingerprint density at radius 3 is 2.63 bits per heavy atom. The second-order valence-corrected chi connectivity index (χ2v) is 6.57. The van der Waals surface area contributed by atoms with Crippen molar-refractivity contribution >= 4 is 28.5 Å². The number of pyridine rings is 2. The number of aromatic amines is 1. The highest BCUT2D eigenvalue weighted by Crippen LogP contribution is 2.40. The Labute approximate surface area is 170 Å². The number of carbonyl (C=O) groups is 2. The Bertz CT molecular complexity index is 1320. The van der Waals surface area contributed by atoms with Crippen LogP contribution in [0.5, 0.6) is 11.5 Å². The molecule has 0 aliphatic carbocycles. The lowest BCUT2D eigenvalue weighted by Crippen LogP contribution is -2.29. The van der Waals surface area contributed by atoms with Crippen molar-refractivity contribution < 1.29 is 19.1 Å². The Kier molecular flexibility index (Phi) is 3.95. The number of imide groups is 1. The number of hydrogen-bond acceptors (Lipinski definition) is 7. The molecular weight excluding hydrogens is 386 g/mol. The molecule has 3 aromatic heterocycles. The van der Waals surface area contributed by atoms with Gasteiger partial charge in [0.05, 0.1) is 42.1 Å². The van der Waals surface area contributed by atoms with Gasteiger partial charge in [0.2, 0.25) is 0 Å². The number of nitrogens with one attached hydrogen (secondary N) is 1. The normalized spacial score (nSPS) is 13.1. The van der Waals surface area contributed by atoms with E-state index in [9.17, 15) is 9.59 Å². The van der Waals surface area contributed by atoms with Crippen LogP contribution in [-0.4, -0.2) is 46.2 Å². The summed E-state index contributed by atoms with van der Waals surface area (Å²) in [6, 6.07) is 8.51. The number of nitrogens with zero attached hydrogens (tertiary/aromatic N) is 4. The monoisotopic (exact) mass is 401 g/mol. The number of H-pyrrole nitrogens is 1. The summed E-state index contributed by atoms with van der Waals surface area (Å²) in [4.78, 5) is 36.1. The molecule has 148 valence electrons. The van der Waals surface area contributed by atoms with Gasteiger partial charge in [-0.15, -0.1) is 0 Å². The highest BCUT2D eigenvalue weighted by molar-refractivity contribution is 6.38. The number of methoxy groups -OCH3 is 2. The largest absolute Gasteiger partial charge is 0.497 e. The fourth-order valence-corrected chi connectivity index (χ4v) is 3.60. The Hall–Kier alpha value is -4.27. The molecule has 0 unspecified atom stereocenters. The maximum Gasteiger partial charge on any atom is 0.267 e. The lowest BCUT2D eigenvalue weighted by Gasteiger charge is -2.18. The first kappa shape index (κ1) is 17.8. The number of anilines is 1. The van der Waals surface area contributed by atoms with Gasteiger partial charge in [0.1, 0.15) is 11.5 Å². The third-order valence-electron chi connectivity index (χ3n) is 5.01. The summed E-state index contributed by atoms with van der Waals surface area (Å²) in [6.45, 7) is 0. The SMILES string of the molecule is COc1ccc(N2C(=O)c3cnc4n[nH]c(-c5cccnc5)c4c3C2=O)c(OC)c1. The third kappa shape index (κ3) is 2.45. The Morgan fingerprint density at radius 1 is 1.03 bits per heavy atom. The van der Waals surface area contributed by atoms with E-state index in [0.29, 0.717) is 33.9 Å². The van der Waals surface area contributed by atoms with Crippen molar-refractivity contribution in [3.63, 3.8) is 0 Å². The first-order valence-electron chi connectivity index (χ1n) is 9.02. The van der Waals surface area contributed by atoms with Gasteiger partial charge in [-0.1, -0.05) is 0 Å². The Balaban J connectivity index is 1.71. The molecule has 9 heteroatoms. The Morgan fingerprint density at radius 2 is 1.90 bits per heavy atom. The number of amides is 2. The molecule has 2 amide bonds. The number of ether oxygens (including phenoxy) is 2. The van der Waals surface area contributed by atoms with E-state index in [1.54, 1.807) is 36.7 Å². The molecule has 0 fully saturated rings. The van der Waals surface area contributed by atoms with Crippen LogP contribution in [0.1, 0.15) is 20.7 Å². The van der Waals surface area contributed by atoms with Crippen LogP contribution in [0.3, 0.4) is 0 Å². The van der Waals surface area contributed by atoms with Crippen molar-refractivity contribution in [2.45, 2.75) is 0 Å². The highest BCUT2D eigenvalue weighted by Gasteiger charge is 2.41. The fourth-order valence-electron chi connectivity index (χ4n) is 3.60. The van der Waals surface area contributed by atoms with Crippen LogP contribution in [-0.2, 0) is 0 Å². The van der Waals surface area contributed by atoms with Gasteiger partial charge in [-0.25, -0.2) is 9.88 Å². The standard InChI is InChI=1S/C21H15N5O4/c1-29-12-5-6-14(15(8-12)30-2)26-20(27)13-10-23-19-17(16(13)21(26)28)18(24-25-19)11-4-3-7-22-9-11/h3-10H,1-2H3,(H,23,24,25). The maximum absolute atomic E-state index is 13.5. The predicted molar refractivity (Wildman–Crippen MR) is 108 cm³/mol. The van der Waals surface area contributed by atoms with Crippen LogP contribution in [0.25, 0.3) is 22.3 Å². The van der Waals surface area contributed by atoms with E-state index in [1.807, 2.05) is 6.07 Å². The molecule has 0 spiro atoms. The van der Waals surface area contributed by atoms with E-state index >= 15 is 0 Å². The summed E-state index contributed by atoms with van der Waals surface area (Å²) >= 11 is 0. The summed E-state index contributed by atoms with van der Waals surface area (Å²) < 4.78 is 10.6. The molecule has 4 aromatic rings. The van der Waals surface area contributed by atoms with Gasteiger partial charge < -0.3 is 9.47 Å².